The van der Waals surface area contributed by atoms with Crippen molar-refractivity contribution in [1.82, 2.24) is 9.55 Å². The molecule has 0 spiro atoms. The normalized spacial score (nSPS) is 12.0. The van der Waals surface area contributed by atoms with Gasteiger partial charge < -0.3 is 15.5 Å². The first kappa shape index (κ1) is 21.4. The molecule has 2 rings (SSSR count). The summed E-state index contributed by atoms with van der Waals surface area (Å²) in [6.45, 7) is 5.73. The summed E-state index contributed by atoms with van der Waals surface area (Å²) >= 11 is 0. The van der Waals surface area contributed by atoms with Gasteiger partial charge in [0.2, 0.25) is 5.78 Å². The number of hydrogen-bond acceptors (Lipinski definition) is 5. The summed E-state index contributed by atoms with van der Waals surface area (Å²) in [6, 6.07) is 8.15. The molecule has 1 atom stereocenters. The maximum absolute atomic E-state index is 12.8. The molecule has 8 nitrogen and oxygen atoms in total. The smallest absolute Gasteiger partial charge is 0.329 e. The van der Waals surface area contributed by atoms with E-state index >= 15 is 0 Å². The molecule has 0 saturated heterocycles. The van der Waals surface area contributed by atoms with Gasteiger partial charge in [0.05, 0.1) is 6.54 Å². The monoisotopic (exact) mass is 388 g/mol. The van der Waals surface area contributed by atoms with E-state index in [4.69, 9.17) is 5.73 Å². The van der Waals surface area contributed by atoms with Crippen LogP contribution in [0.1, 0.15) is 36.2 Å². The van der Waals surface area contributed by atoms with E-state index in [0.29, 0.717) is 26.1 Å². The minimum atomic E-state index is -0.717. The zero-order valence-electron chi connectivity index (χ0n) is 17.0. The van der Waals surface area contributed by atoms with Crippen LogP contribution in [0.25, 0.3) is 0 Å². The summed E-state index contributed by atoms with van der Waals surface area (Å²) in [5, 5.41) is 0. The Balaban J connectivity index is 2.21. The second-order valence-electron chi connectivity index (χ2n) is 7.11. The number of benzene rings is 1. The SMILES string of the molecule is CCCn1c(N)c(C(=O)C[NH+](CC)Cc2ccc(N(C)C)cc2)c(=O)[nH]c1=O. The summed E-state index contributed by atoms with van der Waals surface area (Å²) in [7, 11) is 3.97. The fraction of sp³-hybridized carbons (Fsp3) is 0.450. The van der Waals surface area contributed by atoms with Gasteiger partial charge in [-0.2, -0.15) is 0 Å². The van der Waals surface area contributed by atoms with Gasteiger partial charge in [-0.05, 0) is 25.5 Å². The topological polar surface area (TPSA) is 106 Å². The first-order valence-corrected chi connectivity index (χ1v) is 9.54. The van der Waals surface area contributed by atoms with Crippen LogP contribution >= 0.6 is 0 Å². The van der Waals surface area contributed by atoms with Crippen molar-refractivity contribution in [1.29, 1.82) is 0 Å². The van der Waals surface area contributed by atoms with E-state index in [1.807, 2.05) is 57.1 Å². The van der Waals surface area contributed by atoms with Crippen LogP contribution in [0.5, 0.6) is 0 Å². The van der Waals surface area contributed by atoms with Gasteiger partial charge >= 0.3 is 5.69 Å². The Hall–Kier alpha value is -2.87. The first-order valence-electron chi connectivity index (χ1n) is 9.54. The fourth-order valence-corrected chi connectivity index (χ4v) is 3.13. The number of nitrogens with two attached hydrogens (primary N) is 1. The second kappa shape index (κ2) is 9.36. The minimum absolute atomic E-state index is 0.0496. The van der Waals surface area contributed by atoms with Gasteiger partial charge in [0.1, 0.15) is 24.5 Å². The number of likely N-dealkylation sites (N-methyl/N-ethyl adjacent to an activating group) is 1. The molecule has 0 amide bonds. The summed E-state index contributed by atoms with van der Waals surface area (Å²) in [6.07, 6.45) is 0.666. The van der Waals surface area contributed by atoms with E-state index in [2.05, 4.69) is 4.98 Å². The van der Waals surface area contributed by atoms with Gasteiger partial charge in [0.25, 0.3) is 5.56 Å². The molecule has 1 heterocycles. The van der Waals surface area contributed by atoms with Gasteiger partial charge in [0.15, 0.2) is 0 Å². The predicted octanol–water partition coefficient (Wildman–Crippen LogP) is -0.117. The molecule has 0 aliphatic rings. The van der Waals surface area contributed by atoms with Crippen LogP contribution in [0.3, 0.4) is 0 Å². The van der Waals surface area contributed by atoms with Gasteiger partial charge in [-0.25, -0.2) is 4.79 Å². The maximum atomic E-state index is 12.8. The lowest BCUT2D eigenvalue weighted by Gasteiger charge is -2.19. The Kier molecular flexibility index (Phi) is 7.17. The Morgan fingerprint density at radius 1 is 1.18 bits per heavy atom. The Morgan fingerprint density at radius 3 is 2.36 bits per heavy atom. The van der Waals surface area contributed by atoms with Crippen LogP contribution in [-0.2, 0) is 13.1 Å². The quantitative estimate of drug-likeness (QED) is 0.520. The van der Waals surface area contributed by atoms with Crippen molar-refractivity contribution < 1.29 is 9.69 Å². The number of H-pyrrole nitrogens is 1. The summed E-state index contributed by atoms with van der Waals surface area (Å²) in [5.41, 5.74) is 6.78. The van der Waals surface area contributed by atoms with Crippen molar-refractivity contribution in [2.75, 3.05) is 37.8 Å². The maximum Gasteiger partial charge on any atom is 0.329 e. The molecule has 0 bridgehead atoms. The molecule has 1 aromatic heterocycles. The van der Waals surface area contributed by atoms with Crippen LogP contribution in [0.15, 0.2) is 33.9 Å². The Bertz CT molecular complexity index is 928. The molecule has 0 aliphatic carbocycles. The van der Waals surface area contributed by atoms with Crippen molar-refractivity contribution in [2.45, 2.75) is 33.4 Å². The highest BCUT2D eigenvalue weighted by Gasteiger charge is 2.23. The first-order chi connectivity index (χ1) is 13.3. The summed E-state index contributed by atoms with van der Waals surface area (Å²) in [4.78, 5) is 42.2. The molecule has 2 aromatic rings. The van der Waals surface area contributed by atoms with E-state index in [-0.39, 0.29) is 23.7 Å². The van der Waals surface area contributed by atoms with Crippen LogP contribution in [0.4, 0.5) is 11.5 Å². The number of rotatable bonds is 9. The van der Waals surface area contributed by atoms with Gasteiger partial charge in [-0.1, -0.05) is 19.1 Å². The van der Waals surface area contributed by atoms with E-state index in [9.17, 15) is 14.4 Å². The van der Waals surface area contributed by atoms with Crippen molar-refractivity contribution in [2.24, 2.45) is 0 Å². The van der Waals surface area contributed by atoms with Gasteiger partial charge in [0, 0.05) is 31.9 Å². The van der Waals surface area contributed by atoms with Crippen molar-refractivity contribution in [3.8, 4) is 0 Å². The molecule has 1 unspecified atom stereocenters. The van der Waals surface area contributed by atoms with Crippen LogP contribution in [-0.4, -0.2) is 42.5 Å². The molecule has 152 valence electrons. The molecule has 1 aromatic carbocycles. The lowest BCUT2D eigenvalue weighted by molar-refractivity contribution is -0.903. The molecule has 0 aliphatic heterocycles. The zero-order valence-corrected chi connectivity index (χ0v) is 17.0. The lowest BCUT2D eigenvalue weighted by Crippen LogP contribution is -3.11. The number of ketones is 1. The molecule has 28 heavy (non-hydrogen) atoms. The fourth-order valence-electron chi connectivity index (χ4n) is 3.13. The minimum Gasteiger partial charge on any atom is -0.384 e. The number of carbonyl (C=O) groups excluding carboxylic acids is 1. The van der Waals surface area contributed by atoms with E-state index in [1.54, 1.807) is 0 Å². The van der Waals surface area contributed by atoms with Crippen molar-refractivity contribution in [3.63, 3.8) is 0 Å². The molecule has 0 radical (unpaired) electrons. The molecular weight excluding hydrogens is 358 g/mol. The number of carbonyl (C=O) groups is 1. The van der Waals surface area contributed by atoms with Crippen LogP contribution < -0.4 is 26.8 Å². The van der Waals surface area contributed by atoms with Gasteiger partial charge in [-0.15, -0.1) is 0 Å². The van der Waals surface area contributed by atoms with Crippen molar-refractivity contribution >= 4 is 17.3 Å². The average Bonchev–Trinajstić information content (AvgIpc) is 2.64. The third kappa shape index (κ3) is 4.89. The molecule has 8 heteroatoms. The highest BCUT2D eigenvalue weighted by molar-refractivity contribution is 6.00. The molecule has 0 saturated carbocycles. The average molecular weight is 388 g/mol. The molecular formula is C20H30N5O3+. The second-order valence-corrected chi connectivity index (χ2v) is 7.11. The number of nitrogens with one attached hydrogen (secondary N) is 2. The number of Topliss-reactive ketones (excluding diaryl/α,β-unsaturated/α-hetero) is 1. The number of aromatic amines is 1. The predicted molar refractivity (Wildman–Crippen MR) is 111 cm³/mol. The summed E-state index contributed by atoms with van der Waals surface area (Å²) < 4.78 is 1.25. The number of aromatic nitrogens is 2. The van der Waals surface area contributed by atoms with Crippen LogP contribution in [0, 0.1) is 0 Å². The highest BCUT2D eigenvalue weighted by atomic mass is 16.2. The number of quaternary nitrogens is 1. The third-order valence-corrected chi connectivity index (χ3v) is 4.78. The largest absolute Gasteiger partial charge is 0.384 e. The third-order valence-electron chi connectivity index (χ3n) is 4.78. The lowest BCUT2D eigenvalue weighted by atomic mass is 10.1. The summed E-state index contributed by atoms with van der Waals surface area (Å²) in [5.74, 6) is -0.406. The van der Waals surface area contributed by atoms with Crippen molar-refractivity contribution in [3.05, 3.63) is 56.2 Å². The number of anilines is 2. The van der Waals surface area contributed by atoms with E-state index in [1.165, 1.54) is 4.57 Å². The molecule has 4 N–H and O–H groups in total. The Labute approximate surface area is 164 Å². The van der Waals surface area contributed by atoms with Gasteiger partial charge in [-0.3, -0.25) is 19.1 Å². The number of hydrogen-bond donors (Lipinski definition) is 3. The standard InChI is InChI=1S/C20H29N5O3/c1-5-11-25-18(21)17(19(27)22-20(25)28)16(26)13-24(6-2)12-14-7-9-15(10-8-14)23(3)4/h7-10H,5-6,11-13,21H2,1-4H3,(H,22,27,28)/p+1. The number of nitrogen functional groups attached to an aromatic ring is 1. The van der Waals surface area contributed by atoms with E-state index < -0.39 is 11.2 Å². The zero-order chi connectivity index (χ0) is 20.8. The van der Waals surface area contributed by atoms with E-state index in [0.717, 1.165) is 16.2 Å². The number of nitrogens with zero attached hydrogens (tertiary/aromatic N) is 2. The Morgan fingerprint density at radius 2 is 1.82 bits per heavy atom. The molecule has 0 fully saturated rings. The van der Waals surface area contributed by atoms with Crippen LogP contribution in [0.2, 0.25) is 0 Å². The highest BCUT2D eigenvalue weighted by Crippen LogP contribution is 2.11.